The van der Waals surface area contributed by atoms with E-state index in [1.54, 1.807) is 36.5 Å². The molecular formula is C17H20N4O2. The van der Waals surface area contributed by atoms with E-state index in [0.717, 1.165) is 5.56 Å². The summed E-state index contributed by atoms with van der Waals surface area (Å²) in [5.74, 6) is -0.0157. The van der Waals surface area contributed by atoms with Crippen molar-refractivity contribution in [3.63, 3.8) is 0 Å². The third kappa shape index (κ3) is 5.78. The fraction of sp³-hybridized carbons (Fsp3) is 0.235. The number of urea groups is 1. The van der Waals surface area contributed by atoms with Crippen molar-refractivity contribution in [2.45, 2.75) is 13.0 Å². The molecule has 0 unspecified atom stereocenters. The highest BCUT2D eigenvalue weighted by Crippen LogP contribution is 2.04. The third-order valence-corrected chi connectivity index (χ3v) is 3.25. The van der Waals surface area contributed by atoms with Gasteiger partial charge in [0, 0.05) is 44.6 Å². The zero-order valence-electron chi connectivity index (χ0n) is 13.0. The number of anilines is 1. The van der Waals surface area contributed by atoms with Gasteiger partial charge in [0.15, 0.2) is 0 Å². The summed E-state index contributed by atoms with van der Waals surface area (Å²) in [7, 11) is 1.76. The Morgan fingerprint density at radius 1 is 1.09 bits per heavy atom. The predicted octanol–water partition coefficient (Wildman–Crippen LogP) is 2.25. The second-order valence-electron chi connectivity index (χ2n) is 5.10. The summed E-state index contributed by atoms with van der Waals surface area (Å²) in [6.07, 6.45) is 3.45. The van der Waals surface area contributed by atoms with Crippen LogP contribution < -0.4 is 10.6 Å². The van der Waals surface area contributed by atoms with Crippen molar-refractivity contribution >= 4 is 17.6 Å². The minimum absolute atomic E-state index is 0.0157. The Balaban J connectivity index is 1.69. The lowest BCUT2D eigenvalue weighted by atomic mass is 10.2. The predicted molar refractivity (Wildman–Crippen MR) is 88.8 cm³/mol. The van der Waals surface area contributed by atoms with Crippen LogP contribution in [0.25, 0.3) is 0 Å². The highest BCUT2D eigenvalue weighted by Gasteiger charge is 2.09. The Morgan fingerprint density at radius 3 is 2.48 bits per heavy atom. The van der Waals surface area contributed by atoms with E-state index in [-0.39, 0.29) is 24.9 Å². The van der Waals surface area contributed by atoms with Crippen LogP contribution in [0, 0.1) is 0 Å². The largest absolute Gasteiger partial charge is 0.341 e. The van der Waals surface area contributed by atoms with E-state index in [9.17, 15) is 9.59 Å². The summed E-state index contributed by atoms with van der Waals surface area (Å²) >= 11 is 0. The van der Waals surface area contributed by atoms with Crippen molar-refractivity contribution in [3.8, 4) is 0 Å². The maximum absolute atomic E-state index is 12.0. The molecule has 0 aliphatic heterocycles. The van der Waals surface area contributed by atoms with E-state index >= 15 is 0 Å². The average Bonchev–Trinajstić information content (AvgIpc) is 2.56. The number of pyridine rings is 1. The van der Waals surface area contributed by atoms with Crippen LogP contribution in [0.5, 0.6) is 0 Å². The van der Waals surface area contributed by atoms with Crippen LogP contribution in [0.15, 0.2) is 54.9 Å². The highest BCUT2D eigenvalue weighted by molar-refractivity contribution is 5.89. The molecule has 1 aromatic heterocycles. The molecule has 0 fully saturated rings. The lowest BCUT2D eigenvalue weighted by molar-refractivity contribution is -0.130. The fourth-order valence-corrected chi connectivity index (χ4v) is 2.03. The van der Waals surface area contributed by atoms with Crippen molar-refractivity contribution in [1.29, 1.82) is 0 Å². The molecule has 2 aromatic rings. The number of benzene rings is 1. The van der Waals surface area contributed by atoms with Crippen LogP contribution in [0.1, 0.15) is 12.0 Å². The monoisotopic (exact) mass is 312 g/mol. The van der Waals surface area contributed by atoms with Gasteiger partial charge in [0.1, 0.15) is 0 Å². The first-order valence-corrected chi connectivity index (χ1v) is 7.38. The van der Waals surface area contributed by atoms with Crippen molar-refractivity contribution in [2.24, 2.45) is 0 Å². The Labute approximate surface area is 135 Å². The summed E-state index contributed by atoms with van der Waals surface area (Å²) in [6.45, 7) is 0.845. The molecule has 2 rings (SSSR count). The van der Waals surface area contributed by atoms with Gasteiger partial charge in [-0.2, -0.15) is 0 Å². The van der Waals surface area contributed by atoms with Crippen LogP contribution in [0.2, 0.25) is 0 Å². The topological polar surface area (TPSA) is 74.3 Å². The van der Waals surface area contributed by atoms with E-state index in [1.165, 1.54) is 0 Å². The molecule has 23 heavy (non-hydrogen) atoms. The SMILES string of the molecule is CN(Cc1ccccc1)C(=O)CCNC(=O)Nc1ccncc1. The molecule has 3 amide bonds. The number of carbonyl (C=O) groups excluding carboxylic acids is 2. The Morgan fingerprint density at radius 2 is 1.78 bits per heavy atom. The fourth-order valence-electron chi connectivity index (χ4n) is 2.03. The molecule has 120 valence electrons. The first-order valence-electron chi connectivity index (χ1n) is 7.38. The molecule has 6 heteroatoms. The third-order valence-electron chi connectivity index (χ3n) is 3.25. The maximum atomic E-state index is 12.0. The molecule has 0 aliphatic rings. The average molecular weight is 312 g/mol. The molecule has 1 heterocycles. The number of aromatic nitrogens is 1. The molecule has 6 nitrogen and oxygen atoms in total. The van der Waals surface area contributed by atoms with Gasteiger partial charge in [0.2, 0.25) is 5.91 Å². The summed E-state index contributed by atoms with van der Waals surface area (Å²) < 4.78 is 0. The molecule has 0 spiro atoms. The highest BCUT2D eigenvalue weighted by atomic mass is 16.2. The first kappa shape index (κ1) is 16.5. The molecule has 0 saturated carbocycles. The molecule has 0 saturated heterocycles. The van der Waals surface area contributed by atoms with Crippen molar-refractivity contribution < 1.29 is 9.59 Å². The van der Waals surface area contributed by atoms with Gasteiger partial charge >= 0.3 is 6.03 Å². The molecule has 2 N–H and O–H groups in total. The van der Waals surface area contributed by atoms with Gasteiger partial charge in [-0.3, -0.25) is 9.78 Å². The van der Waals surface area contributed by atoms with Crippen LogP contribution in [0.3, 0.4) is 0 Å². The number of hydrogen-bond donors (Lipinski definition) is 2. The van der Waals surface area contributed by atoms with E-state index < -0.39 is 0 Å². The number of nitrogens with one attached hydrogen (secondary N) is 2. The number of rotatable bonds is 6. The molecule has 0 aliphatic carbocycles. The van der Waals surface area contributed by atoms with Crippen molar-refractivity contribution in [2.75, 3.05) is 18.9 Å². The Hall–Kier alpha value is -2.89. The van der Waals surface area contributed by atoms with E-state index in [0.29, 0.717) is 12.2 Å². The van der Waals surface area contributed by atoms with Gasteiger partial charge in [-0.1, -0.05) is 30.3 Å². The lowest BCUT2D eigenvalue weighted by Crippen LogP contribution is -2.34. The number of nitrogens with zero attached hydrogens (tertiary/aromatic N) is 2. The van der Waals surface area contributed by atoms with Crippen molar-refractivity contribution in [3.05, 3.63) is 60.4 Å². The van der Waals surface area contributed by atoms with E-state index in [4.69, 9.17) is 0 Å². The number of carbonyl (C=O) groups is 2. The molecular weight excluding hydrogens is 292 g/mol. The Bertz CT molecular complexity index is 632. The zero-order valence-corrected chi connectivity index (χ0v) is 13.0. The van der Waals surface area contributed by atoms with Crippen LogP contribution >= 0.6 is 0 Å². The zero-order chi connectivity index (χ0) is 16.5. The second kappa shape index (κ2) is 8.53. The van der Waals surface area contributed by atoms with Gasteiger partial charge in [-0.15, -0.1) is 0 Å². The van der Waals surface area contributed by atoms with Gasteiger partial charge in [0.25, 0.3) is 0 Å². The molecule has 0 atom stereocenters. The summed E-state index contributed by atoms with van der Waals surface area (Å²) in [4.78, 5) is 29.2. The first-order chi connectivity index (χ1) is 11.1. The van der Waals surface area contributed by atoms with Crippen LogP contribution in [-0.2, 0) is 11.3 Å². The smallest absolute Gasteiger partial charge is 0.319 e. The summed E-state index contributed by atoms with van der Waals surface area (Å²) in [5, 5.41) is 5.33. The number of hydrogen-bond acceptors (Lipinski definition) is 3. The van der Waals surface area contributed by atoms with Gasteiger partial charge < -0.3 is 15.5 Å². The Kier molecular flexibility index (Phi) is 6.11. The van der Waals surface area contributed by atoms with Gasteiger partial charge in [-0.05, 0) is 17.7 Å². The van der Waals surface area contributed by atoms with Crippen LogP contribution in [0.4, 0.5) is 10.5 Å². The standard InChI is InChI=1S/C17H20N4O2/c1-21(13-14-5-3-2-4-6-14)16(22)9-12-19-17(23)20-15-7-10-18-11-8-15/h2-8,10-11H,9,12-13H2,1H3,(H2,18,19,20,23). The summed E-state index contributed by atoms with van der Waals surface area (Å²) in [5.41, 5.74) is 1.73. The van der Waals surface area contributed by atoms with Gasteiger partial charge in [-0.25, -0.2) is 4.79 Å². The minimum atomic E-state index is -0.338. The van der Waals surface area contributed by atoms with Crippen LogP contribution in [-0.4, -0.2) is 35.4 Å². The number of amides is 3. The minimum Gasteiger partial charge on any atom is -0.341 e. The maximum Gasteiger partial charge on any atom is 0.319 e. The normalized spacial score (nSPS) is 9.96. The van der Waals surface area contributed by atoms with Gasteiger partial charge in [0.05, 0.1) is 0 Å². The van der Waals surface area contributed by atoms with E-state index in [2.05, 4.69) is 15.6 Å². The quantitative estimate of drug-likeness (QED) is 0.859. The van der Waals surface area contributed by atoms with Crippen molar-refractivity contribution in [1.82, 2.24) is 15.2 Å². The molecule has 0 radical (unpaired) electrons. The van der Waals surface area contributed by atoms with E-state index in [1.807, 2.05) is 30.3 Å². The second-order valence-corrected chi connectivity index (χ2v) is 5.10. The summed E-state index contributed by atoms with van der Waals surface area (Å²) in [6, 6.07) is 12.8. The molecule has 0 bridgehead atoms. The lowest BCUT2D eigenvalue weighted by Gasteiger charge is -2.17. The molecule has 1 aromatic carbocycles.